The molecule has 0 fully saturated rings. The van der Waals surface area contributed by atoms with E-state index < -0.39 is 0 Å². The molecular formula is C16H18ClN3O3. The highest BCUT2D eigenvalue weighted by Gasteiger charge is 2.10. The molecule has 1 heterocycles. The Kier molecular flexibility index (Phi) is 5.78. The van der Waals surface area contributed by atoms with Crippen LogP contribution in [0.3, 0.4) is 0 Å². The number of nitrogens with one attached hydrogen (secondary N) is 2. The van der Waals surface area contributed by atoms with Crippen LogP contribution in [0.15, 0.2) is 40.8 Å². The van der Waals surface area contributed by atoms with Crippen LogP contribution >= 0.6 is 11.6 Å². The number of furan rings is 1. The van der Waals surface area contributed by atoms with E-state index in [1.807, 2.05) is 24.3 Å². The van der Waals surface area contributed by atoms with E-state index in [0.717, 1.165) is 17.1 Å². The average Bonchev–Trinajstić information content (AvgIpc) is 2.94. The molecule has 2 rings (SSSR count). The Morgan fingerprint density at radius 2 is 1.83 bits per heavy atom. The summed E-state index contributed by atoms with van der Waals surface area (Å²) in [7, 11) is 1.79. The van der Waals surface area contributed by atoms with Crippen LogP contribution < -0.4 is 10.9 Å². The van der Waals surface area contributed by atoms with Gasteiger partial charge in [-0.05, 0) is 43.4 Å². The van der Waals surface area contributed by atoms with Crippen LogP contribution in [0, 0.1) is 0 Å². The lowest BCUT2D eigenvalue weighted by molar-refractivity contribution is -0.128. The van der Waals surface area contributed by atoms with Gasteiger partial charge in [0.15, 0.2) is 0 Å². The second-order valence-electron chi connectivity index (χ2n) is 5.17. The monoisotopic (exact) mass is 335 g/mol. The number of nitrogens with zero attached hydrogens (tertiary/aromatic N) is 1. The molecular weight excluding hydrogens is 318 g/mol. The van der Waals surface area contributed by atoms with Crippen molar-refractivity contribution < 1.29 is 14.0 Å². The summed E-state index contributed by atoms with van der Waals surface area (Å²) in [6.07, 6.45) is 0. The Bertz CT molecular complexity index is 682. The van der Waals surface area contributed by atoms with Crippen LogP contribution in [0.1, 0.15) is 12.7 Å². The number of hydrazine groups is 1. The van der Waals surface area contributed by atoms with Gasteiger partial charge in [-0.15, -0.1) is 0 Å². The number of halogens is 1. The van der Waals surface area contributed by atoms with Crippen molar-refractivity contribution in [2.45, 2.75) is 13.5 Å². The number of hydrogen-bond donors (Lipinski definition) is 2. The number of rotatable bonds is 5. The van der Waals surface area contributed by atoms with E-state index in [4.69, 9.17) is 16.0 Å². The van der Waals surface area contributed by atoms with Crippen molar-refractivity contribution in [3.05, 3.63) is 47.2 Å². The summed E-state index contributed by atoms with van der Waals surface area (Å²) >= 11 is 5.87. The Morgan fingerprint density at radius 1 is 1.13 bits per heavy atom. The number of hydrogen-bond acceptors (Lipinski definition) is 4. The average molecular weight is 336 g/mol. The van der Waals surface area contributed by atoms with Crippen molar-refractivity contribution in [1.29, 1.82) is 0 Å². The molecule has 2 N–H and O–H groups in total. The molecule has 0 radical (unpaired) electrons. The first-order valence-electron chi connectivity index (χ1n) is 7.02. The Labute approximate surface area is 139 Å². The maximum atomic E-state index is 11.6. The third kappa shape index (κ3) is 5.43. The maximum absolute atomic E-state index is 11.6. The van der Waals surface area contributed by atoms with Gasteiger partial charge in [0.25, 0.3) is 5.91 Å². The highest BCUT2D eigenvalue weighted by molar-refractivity contribution is 6.30. The summed E-state index contributed by atoms with van der Waals surface area (Å²) in [6, 6.07) is 11.1. The number of likely N-dealkylation sites (N-methyl/N-ethyl adjacent to an activating group) is 1. The van der Waals surface area contributed by atoms with Crippen LogP contribution in [-0.4, -0.2) is 30.3 Å². The van der Waals surface area contributed by atoms with Crippen LogP contribution in [0.5, 0.6) is 0 Å². The topological polar surface area (TPSA) is 74.6 Å². The van der Waals surface area contributed by atoms with Crippen molar-refractivity contribution in [1.82, 2.24) is 15.8 Å². The minimum absolute atomic E-state index is 0.136. The molecule has 0 aliphatic carbocycles. The summed E-state index contributed by atoms with van der Waals surface area (Å²) < 4.78 is 5.77. The second kappa shape index (κ2) is 7.80. The van der Waals surface area contributed by atoms with E-state index in [-0.39, 0.29) is 18.4 Å². The highest BCUT2D eigenvalue weighted by atomic mass is 35.5. The quantitative estimate of drug-likeness (QED) is 0.821. The molecule has 0 saturated heterocycles. The fourth-order valence-corrected chi connectivity index (χ4v) is 2.12. The molecule has 1 aromatic heterocycles. The highest BCUT2D eigenvalue weighted by Crippen LogP contribution is 2.24. The van der Waals surface area contributed by atoms with Gasteiger partial charge in [-0.25, -0.2) is 0 Å². The minimum atomic E-state index is -0.320. The van der Waals surface area contributed by atoms with Crippen molar-refractivity contribution in [2.75, 3.05) is 13.6 Å². The van der Waals surface area contributed by atoms with Gasteiger partial charge < -0.3 is 4.42 Å². The van der Waals surface area contributed by atoms with E-state index in [1.54, 1.807) is 24.1 Å². The van der Waals surface area contributed by atoms with Gasteiger partial charge in [0, 0.05) is 17.5 Å². The zero-order valence-corrected chi connectivity index (χ0v) is 13.7. The summed E-state index contributed by atoms with van der Waals surface area (Å²) in [4.78, 5) is 24.1. The summed E-state index contributed by atoms with van der Waals surface area (Å²) in [6.45, 7) is 1.93. The fourth-order valence-electron chi connectivity index (χ4n) is 2.00. The molecule has 0 aliphatic heterocycles. The maximum Gasteiger partial charge on any atom is 0.252 e. The van der Waals surface area contributed by atoms with Gasteiger partial charge in [-0.3, -0.25) is 25.3 Å². The first-order chi connectivity index (χ1) is 10.9. The third-order valence-electron chi connectivity index (χ3n) is 3.01. The van der Waals surface area contributed by atoms with Crippen LogP contribution in [-0.2, 0) is 16.1 Å². The summed E-state index contributed by atoms with van der Waals surface area (Å²) in [5.41, 5.74) is 5.49. The van der Waals surface area contributed by atoms with Gasteiger partial charge in [0.2, 0.25) is 5.91 Å². The van der Waals surface area contributed by atoms with Crippen molar-refractivity contribution >= 4 is 23.4 Å². The molecule has 2 aromatic rings. The molecule has 0 saturated carbocycles. The molecule has 0 aliphatic rings. The largest absolute Gasteiger partial charge is 0.460 e. The predicted molar refractivity (Wildman–Crippen MR) is 87.4 cm³/mol. The van der Waals surface area contributed by atoms with Gasteiger partial charge in [0.05, 0.1) is 13.1 Å². The number of benzene rings is 1. The fraction of sp³-hybridized carbons (Fsp3) is 0.250. The zero-order valence-electron chi connectivity index (χ0n) is 12.9. The van der Waals surface area contributed by atoms with Crippen LogP contribution in [0.25, 0.3) is 11.3 Å². The summed E-state index contributed by atoms with van der Waals surface area (Å²) in [5.74, 6) is 0.865. The molecule has 1 aromatic carbocycles. The lowest BCUT2D eigenvalue weighted by Gasteiger charge is -2.14. The Balaban J connectivity index is 1.89. The predicted octanol–water partition coefficient (Wildman–Crippen LogP) is 2.20. The zero-order chi connectivity index (χ0) is 16.8. The Hall–Kier alpha value is -2.31. The minimum Gasteiger partial charge on any atom is -0.460 e. The van der Waals surface area contributed by atoms with E-state index in [9.17, 15) is 9.59 Å². The number of carbonyl (C=O) groups is 2. The lowest BCUT2D eigenvalue weighted by Crippen LogP contribution is -2.44. The third-order valence-corrected chi connectivity index (χ3v) is 3.26. The number of amides is 2. The first-order valence-corrected chi connectivity index (χ1v) is 7.40. The first kappa shape index (κ1) is 17.1. The molecule has 0 spiro atoms. The van der Waals surface area contributed by atoms with E-state index in [1.165, 1.54) is 6.92 Å². The molecule has 0 unspecified atom stereocenters. The van der Waals surface area contributed by atoms with Crippen molar-refractivity contribution in [2.24, 2.45) is 0 Å². The molecule has 2 amide bonds. The van der Waals surface area contributed by atoms with E-state index >= 15 is 0 Å². The molecule has 7 heteroatoms. The van der Waals surface area contributed by atoms with Gasteiger partial charge in [0.1, 0.15) is 11.5 Å². The smallest absolute Gasteiger partial charge is 0.252 e. The lowest BCUT2D eigenvalue weighted by atomic mass is 10.2. The molecule has 6 nitrogen and oxygen atoms in total. The number of carbonyl (C=O) groups excluding carboxylic acids is 2. The summed E-state index contributed by atoms with van der Waals surface area (Å²) in [5, 5.41) is 0.672. The van der Waals surface area contributed by atoms with Crippen molar-refractivity contribution in [3.8, 4) is 11.3 Å². The second-order valence-corrected chi connectivity index (χ2v) is 5.61. The van der Waals surface area contributed by atoms with Gasteiger partial charge >= 0.3 is 0 Å². The van der Waals surface area contributed by atoms with Crippen molar-refractivity contribution in [3.63, 3.8) is 0 Å². The molecule has 23 heavy (non-hydrogen) atoms. The SMILES string of the molecule is CC(=O)NNC(=O)CN(C)Cc1ccc(-c2ccc(Cl)cc2)o1. The van der Waals surface area contributed by atoms with Crippen LogP contribution in [0.4, 0.5) is 0 Å². The van der Waals surface area contributed by atoms with Gasteiger partial charge in [-0.2, -0.15) is 0 Å². The van der Waals surface area contributed by atoms with Crippen LogP contribution in [0.2, 0.25) is 5.02 Å². The molecule has 0 atom stereocenters. The van der Waals surface area contributed by atoms with E-state index in [0.29, 0.717) is 11.6 Å². The Morgan fingerprint density at radius 3 is 2.48 bits per heavy atom. The van der Waals surface area contributed by atoms with Gasteiger partial charge in [-0.1, -0.05) is 11.6 Å². The van der Waals surface area contributed by atoms with E-state index in [2.05, 4.69) is 10.9 Å². The molecule has 122 valence electrons. The molecule has 0 bridgehead atoms. The normalized spacial score (nSPS) is 10.6. The standard InChI is InChI=1S/C16H18ClN3O3/c1-11(21)18-19-16(22)10-20(2)9-14-7-8-15(23-14)12-3-5-13(17)6-4-12/h3-8H,9-10H2,1-2H3,(H,18,21)(H,19,22).